The van der Waals surface area contributed by atoms with E-state index in [0.29, 0.717) is 22.9 Å². The van der Waals surface area contributed by atoms with E-state index in [4.69, 9.17) is 14.2 Å². The van der Waals surface area contributed by atoms with Gasteiger partial charge < -0.3 is 29.2 Å². The van der Waals surface area contributed by atoms with Crippen molar-refractivity contribution in [2.45, 2.75) is 12.8 Å². The molecule has 0 aliphatic carbocycles. The molecule has 0 saturated carbocycles. The van der Waals surface area contributed by atoms with E-state index >= 15 is 0 Å². The minimum atomic E-state index is -4.85. The van der Waals surface area contributed by atoms with E-state index in [2.05, 4.69) is 10.1 Å². The van der Waals surface area contributed by atoms with Gasteiger partial charge in [-0.15, -0.1) is 13.2 Å². The van der Waals surface area contributed by atoms with Gasteiger partial charge in [0, 0.05) is 36.9 Å². The summed E-state index contributed by atoms with van der Waals surface area (Å²) < 4.78 is 56.9. The number of nitrogens with one attached hydrogen (secondary N) is 1. The van der Waals surface area contributed by atoms with Crippen LogP contribution in [0.25, 0.3) is 0 Å². The van der Waals surface area contributed by atoms with E-state index < -0.39 is 23.9 Å². The Morgan fingerprint density at radius 1 is 1.06 bits per heavy atom. The zero-order chi connectivity index (χ0) is 23.5. The fourth-order valence-electron chi connectivity index (χ4n) is 3.37. The van der Waals surface area contributed by atoms with Gasteiger partial charge >= 0.3 is 6.36 Å². The summed E-state index contributed by atoms with van der Waals surface area (Å²) in [5, 5.41) is 2.53. The van der Waals surface area contributed by atoms with Gasteiger partial charge in [-0.05, 0) is 12.1 Å². The topological polar surface area (TPSA) is 86.3 Å². The normalized spacial score (nSPS) is 16.0. The van der Waals surface area contributed by atoms with Crippen LogP contribution in [-0.2, 0) is 9.59 Å². The Kier molecular flexibility index (Phi) is 6.66. The first-order valence-corrected chi connectivity index (χ1v) is 9.42. The standard InChI is InChI=1S/C21H21F3N2O6/c1-29-16-9-14(10-17(30-2)19(16)31-3)26-11-12(7-18(26)27)20(28)25-13-5-4-6-15(8-13)32-21(22,23)24/h4-6,8-10,12H,7,11H2,1-3H3,(H,25,28). The third kappa shape index (κ3) is 5.16. The average Bonchev–Trinajstić information content (AvgIpc) is 3.13. The molecule has 2 aromatic rings. The van der Waals surface area contributed by atoms with Crippen LogP contribution in [-0.4, -0.2) is 46.1 Å². The van der Waals surface area contributed by atoms with Crippen LogP contribution in [0.4, 0.5) is 24.5 Å². The molecule has 1 unspecified atom stereocenters. The number of benzene rings is 2. The van der Waals surface area contributed by atoms with Crippen LogP contribution in [0, 0.1) is 5.92 Å². The maximum Gasteiger partial charge on any atom is 0.573 e. The van der Waals surface area contributed by atoms with Crippen molar-refractivity contribution in [2.75, 3.05) is 38.1 Å². The predicted octanol–water partition coefficient (Wildman–Crippen LogP) is 3.60. The predicted molar refractivity (Wildman–Crippen MR) is 108 cm³/mol. The zero-order valence-electron chi connectivity index (χ0n) is 17.5. The summed E-state index contributed by atoms with van der Waals surface area (Å²) in [6, 6.07) is 8.11. The highest BCUT2D eigenvalue weighted by molar-refractivity contribution is 6.03. The number of ether oxygens (including phenoxy) is 4. The summed E-state index contributed by atoms with van der Waals surface area (Å²) >= 11 is 0. The van der Waals surface area contributed by atoms with Gasteiger partial charge in [0.15, 0.2) is 11.5 Å². The van der Waals surface area contributed by atoms with Crippen molar-refractivity contribution in [1.29, 1.82) is 0 Å². The van der Waals surface area contributed by atoms with E-state index in [0.717, 1.165) is 12.1 Å². The molecule has 1 aliphatic heterocycles. The first-order valence-electron chi connectivity index (χ1n) is 9.42. The monoisotopic (exact) mass is 454 g/mol. The molecule has 11 heteroatoms. The molecule has 1 aliphatic rings. The summed E-state index contributed by atoms with van der Waals surface area (Å²) in [6.07, 6.45) is -4.91. The molecule has 1 atom stereocenters. The van der Waals surface area contributed by atoms with Crippen LogP contribution in [0.2, 0.25) is 0 Å². The molecular formula is C21H21F3N2O6. The molecule has 32 heavy (non-hydrogen) atoms. The van der Waals surface area contributed by atoms with Gasteiger partial charge in [0.1, 0.15) is 5.75 Å². The molecule has 3 rings (SSSR count). The fourth-order valence-corrected chi connectivity index (χ4v) is 3.37. The largest absolute Gasteiger partial charge is 0.573 e. The lowest BCUT2D eigenvalue weighted by Crippen LogP contribution is -2.28. The van der Waals surface area contributed by atoms with Gasteiger partial charge in [-0.3, -0.25) is 9.59 Å². The highest BCUT2D eigenvalue weighted by Crippen LogP contribution is 2.42. The number of anilines is 2. The molecule has 1 saturated heterocycles. The fraction of sp³-hybridized carbons (Fsp3) is 0.333. The van der Waals surface area contributed by atoms with Crippen molar-refractivity contribution < 1.29 is 41.7 Å². The van der Waals surface area contributed by atoms with Gasteiger partial charge in [-0.25, -0.2) is 0 Å². The molecule has 2 aromatic carbocycles. The van der Waals surface area contributed by atoms with Crippen LogP contribution in [0.15, 0.2) is 36.4 Å². The number of hydrogen-bond acceptors (Lipinski definition) is 6. The third-order valence-corrected chi connectivity index (χ3v) is 4.79. The number of hydrogen-bond donors (Lipinski definition) is 1. The van der Waals surface area contributed by atoms with Crippen LogP contribution >= 0.6 is 0 Å². The first kappa shape index (κ1) is 23.0. The molecular weight excluding hydrogens is 433 g/mol. The van der Waals surface area contributed by atoms with Crippen molar-refractivity contribution in [1.82, 2.24) is 0 Å². The van der Waals surface area contributed by atoms with Crippen molar-refractivity contribution >= 4 is 23.2 Å². The number of alkyl halides is 3. The first-order chi connectivity index (χ1) is 15.1. The quantitative estimate of drug-likeness (QED) is 0.688. The summed E-state index contributed by atoms with van der Waals surface area (Å²) in [6.45, 7) is 0.0715. The van der Waals surface area contributed by atoms with Crippen molar-refractivity contribution in [3.05, 3.63) is 36.4 Å². The Bertz CT molecular complexity index is 986. The van der Waals surface area contributed by atoms with E-state index in [1.807, 2.05) is 0 Å². The lowest BCUT2D eigenvalue weighted by molar-refractivity contribution is -0.274. The van der Waals surface area contributed by atoms with E-state index in [9.17, 15) is 22.8 Å². The Labute approximate surface area is 181 Å². The zero-order valence-corrected chi connectivity index (χ0v) is 17.5. The van der Waals surface area contributed by atoms with Gasteiger partial charge in [-0.1, -0.05) is 6.07 Å². The molecule has 1 N–H and O–H groups in total. The Morgan fingerprint density at radius 3 is 2.28 bits per heavy atom. The van der Waals surface area contributed by atoms with E-state index in [1.54, 1.807) is 12.1 Å². The molecule has 1 heterocycles. The second-order valence-electron chi connectivity index (χ2n) is 6.85. The van der Waals surface area contributed by atoms with Crippen LogP contribution in [0.1, 0.15) is 6.42 Å². The van der Waals surface area contributed by atoms with Gasteiger partial charge in [0.25, 0.3) is 0 Å². The lowest BCUT2D eigenvalue weighted by atomic mass is 10.1. The smallest absolute Gasteiger partial charge is 0.493 e. The molecule has 1 fully saturated rings. The van der Waals surface area contributed by atoms with Crippen LogP contribution in [0.3, 0.4) is 0 Å². The Morgan fingerprint density at radius 2 is 1.72 bits per heavy atom. The SMILES string of the molecule is COc1cc(N2CC(C(=O)Nc3cccc(OC(F)(F)F)c3)CC2=O)cc(OC)c1OC. The van der Waals surface area contributed by atoms with Crippen molar-refractivity contribution in [3.8, 4) is 23.0 Å². The number of amides is 2. The van der Waals surface area contributed by atoms with Crippen molar-refractivity contribution in [3.63, 3.8) is 0 Å². The highest BCUT2D eigenvalue weighted by Gasteiger charge is 2.36. The number of halogens is 3. The van der Waals surface area contributed by atoms with Gasteiger partial charge in [-0.2, -0.15) is 0 Å². The maximum atomic E-state index is 12.7. The Balaban J connectivity index is 1.75. The average molecular weight is 454 g/mol. The van der Waals surface area contributed by atoms with E-state index in [1.165, 1.54) is 38.4 Å². The summed E-state index contributed by atoms with van der Waals surface area (Å²) in [5.41, 5.74) is 0.579. The van der Waals surface area contributed by atoms with Gasteiger partial charge in [0.2, 0.25) is 17.6 Å². The summed E-state index contributed by atoms with van der Waals surface area (Å²) in [4.78, 5) is 26.7. The molecule has 0 aromatic heterocycles. The van der Waals surface area contributed by atoms with E-state index in [-0.39, 0.29) is 24.6 Å². The minimum absolute atomic E-state index is 0.0682. The Hall–Kier alpha value is -3.63. The number of rotatable bonds is 7. The molecule has 2 amide bonds. The number of nitrogens with zero attached hydrogens (tertiary/aromatic N) is 1. The summed E-state index contributed by atoms with van der Waals surface area (Å²) in [7, 11) is 4.34. The molecule has 172 valence electrons. The molecule has 0 bridgehead atoms. The maximum absolute atomic E-state index is 12.7. The van der Waals surface area contributed by atoms with Crippen molar-refractivity contribution in [2.24, 2.45) is 5.92 Å². The molecule has 8 nitrogen and oxygen atoms in total. The number of methoxy groups -OCH3 is 3. The lowest BCUT2D eigenvalue weighted by Gasteiger charge is -2.20. The second kappa shape index (κ2) is 9.25. The summed E-state index contributed by atoms with van der Waals surface area (Å²) in [5.74, 6) is -0.912. The highest BCUT2D eigenvalue weighted by atomic mass is 19.4. The number of carbonyl (C=O) groups is 2. The van der Waals surface area contributed by atoms with Crippen LogP contribution in [0.5, 0.6) is 23.0 Å². The van der Waals surface area contributed by atoms with Gasteiger partial charge in [0.05, 0.1) is 32.9 Å². The third-order valence-electron chi connectivity index (χ3n) is 4.79. The second-order valence-corrected chi connectivity index (χ2v) is 6.85. The minimum Gasteiger partial charge on any atom is -0.493 e. The van der Waals surface area contributed by atoms with Crippen LogP contribution < -0.4 is 29.2 Å². The number of carbonyl (C=O) groups excluding carboxylic acids is 2. The molecule has 0 spiro atoms. The molecule has 0 radical (unpaired) electrons.